The van der Waals surface area contributed by atoms with E-state index in [1.807, 2.05) is 6.07 Å². The standard InChI is InChI=1S/C24H23N3/c1-17-8-13-21-26-22(23(27(21)16-17)19-6-3-2-4-7-19)18-9-11-20(12-10-18)24(25)14-5-15-24/h2-4,6-13,16H,5,14-15,25H2,1H3. The molecule has 0 bridgehead atoms. The van der Waals surface area contributed by atoms with E-state index in [1.54, 1.807) is 0 Å². The van der Waals surface area contributed by atoms with Crippen molar-refractivity contribution < 1.29 is 0 Å². The molecule has 3 nitrogen and oxygen atoms in total. The quantitative estimate of drug-likeness (QED) is 0.542. The second-order valence-electron chi connectivity index (χ2n) is 7.70. The molecule has 3 heteroatoms. The smallest absolute Gasteiger partial charge is 0.137 e. The highest BCUT2D eigenvalue weighted by molar-refractivity contribution is 5.82. The Morgan fingerprint density at radius 3 is 2.30 bits per heavy atom. The molecule has 1 aliphatic carbocycles. The Morgan fingerprint density at radius 1 is 0.889 bits per heavy atom. The van der Waals surface area contributed by atoms with Crippen LogP contribution in [0.4, 0.5) is 0 Å². The number of imidazole rings is 1. The SMILES string of the molecule is Cc1ccc2nc(-c3ccc(C4(N)CCC4)cc3)c(-c3ccccc3)n2c1. The summed E-state index contributed by atoms with van der Waals surface area (Å²) in [5.41, 5.74) is 14.2. The van der Waals surface area contributed by atoms with Crippen molar-refractivity contribution in [3.05, 3.63) is 84.1 Å². The van der Waals surface area contributed by atoms with Crippen LogP contribution in [0.5, 0.6) is 0 Å². The van der Waals surface area contributed by atoms with Crippen LogP contribution in [0.1, 0.15) is 30.4 Å². The molecule has 27 heavy (non-hydrogen) atoms. The highest BCUT2D eigenvalue weighted by Gasteiger charge is 2.34. The van der Waals surface area contributed by atoms with Crippen LogP contribution < -0.4 is 5.73 Å². The molecular weight excluding hydrogens is 330 g/mol. The first kappa shape index (κ1) is 16.3. The van der Waals surface area contributed by atoms with E-state index in [-0.39, 0.29) is 5.54 Å². The third kappa shape index (κ3) is 2.66. The van der Waals surface area contributed by atoms with Crippen LogP contribution in [0, 0.1) is 6.92 Å². The molecule has 1 aliphatic rings. The van der Waals surface area contributed by atoms with E-state index in [1.165, 1.54) is 23.1 Å². The maximum Gasteiger partial charge on any atom is 0.137 e. The van der Waals surface area contributed by atoms with E-state index >= 15 is 0 Å². The van der Waals surface area contributed by atoms with Gasteiger partial charge in [0.1, 0.15) is 5.65 Å². The maximum atomic E-state index is 6.49. The molecule has 4 aromatic rings. The summed E-state index contributed by atoms with van der Waals surface area (Å²) in [6.45, 7) is 2.11. The number of rotatable bonds is 3. The zero-order valence-corrected chi connectivity index (χ0v) is 15.5. The topological polar surface area (TPSA) is 43.3 Å². The van der Waals surface area contributed by atoms with Gasteiger partial charge in [-0.3, -0.25) is 4.40 Å². The minimum Gasteiger partial charge on any atom is -0.321 e. The summed E-state index contributed by atoms with van der Waals surface area (Å²) < 4.78 is 2.20. The minimum atomic E-state index is -0.128. The van der Waals surface area contributed by atoms with Crippen molar-refractivity contribution in [3.8, 4) is 22.5 Å². The molecule has 0 radical (unpaired) electrons. The van der Waals surface area contributed by atoms with Crippen molar-refractivity contribution in [2.24, 2.45) is 5.73 Å². The van der Waals surface area contributed by atoms with E-state index < -0.39 is 0 Å². The molecule has 1 saturated carbocycles. The highest BCUT2D eigenvalue weighted by Crippen LogP contribution is 2.40. The number of aryl methyl sites for hydroxylation is 1. The molecule has 0 atom stereocenters. The van der Waals surface area contributed by atoms with Gasteiger partial charge >= 0.3 is 0 Å². The summed E-state index contributed by atoms with van der Waals surface area (Å²) in [5.74, 6) is 0. The second-order valence-corrected chi connectivity index (χ2v) is 7.70. The number of fused-ring (bicyclic) bond motifs is 1. The van der Waals surface area contributed by atoms with Crippen LogP contribution in [-0.2, 0) is 5.54 Å². The van der Waals surface area contributed by atoms with Crippen molar-refractivity contribution in [3.63, 3.8) is 0 Å². The van der Waals surface area contributed by atoms with E-state index in [0.717, 1.165) is 35.4 Å². The summed E-state index contributed by atoms with van der Waals surface area (Å²) in [6, 6.07) is 23.4. The van der Waals surface area contributed by atoms with Crippen LogP contribution in [-0.4, -0.2) is 9.38 Å². The van der Waals surface area contributed by atoms with Gasteiger partial charge in [-0.05, 0) is 43.4 Å². The first-order valence-electron chi connectivity index (χ1n) is 9.58. The van der Waals surface area contributed by atoms with Gasteiger partial charge in [-0.25, -0.2) is 4.98 Å². The normalized spacial score (nSPS) is 15.6. The van der Waals surface area contributed by atoms with Crippen molar-refractivity contribution >= 4 is 5.65 Å². The van der Waals surface area contributed by atoms with Crippen LogP contribution in [0.15, 0.2) is 72.9 Å². The number of pyridine rings is 1. The fourth-order valence-corrected chi connectivity index (χ4v) is 4.03. The number of hydrogen-bond donors (Lipinski definition) is 1. The molecule has 2 heterocycles. The third-order valence-electron chi connectivity index (χ3n) is 5.79. The molecule has 134 valence electrons. The molecule has 0 spiro atoms. The summed E-state index contributed by atoms with van der Waals surface area (Å²) >= 11 is 0. The zero-order valence-electron chi connectivity index (χ0n) is 15.5. The minimum absolute atomic E-state index is 0.128. The monoisotopic (exact) mass is 353 g/mol. The average molecular weight is 353 g/mol. The van der Waals surface area contributed by atoms with Gasteiger partial charge in [0.15, 0.2) is 0 Å². The number of aromatic nitrogens is 2. The summed E-state index contributed by atoms with van der Waals surface area (Å²) in [5, 5.41) is 0. The highest BCUT2D eigenvalue weighted by atomic mass is 15.0. The zero-order chi connectivity index (χ0) is 18.4. The van der Waals surface area contributed by atoms with Gasteiger partial charge in [0, 0.05) is 22.9 Å². The van der Waals surface area contributed by atoms with Gasteiger partial charge in [-0.15, -0.1) is 0 Å². The lowest BCUT2D eigenvalue weighted by molar-refractivity contribution is 0.253. The van der Waals surface area contributed by atoms with Gasteiger partial charge in [0.2, 0.25) is 0 Å². The Balaban J connectivity index is 1.69. The number of nitrogens with two attached hydrogens (primary N) is 1. The van der Waals surface area contributed by atoms with Crippen molar-refractivity contribution in [1.29, 1.82) is 0 Å². The Kier molecular flexibility index (Phi) is 3.66. The van der Waals surface area contributed by atoms with Crippen LogP contribution in [0.3, 0.4) is 0 Å². The van der Waals surface area contributed by atoms with Gasteiger partial charge in [0.05, 0.1) is 11.4 Å². The number of benzene rings is 2. The molecular formula is C24H23N3. The van der Waals surface area contributed by atoms with Gasteiger partial charge in [-0.1, -0.05) is 60.7 Å². The molecule has 5 rings (SSSR count). The fourth-order valence-electron chi connectivity index (χ4n) is 4.03. The Hall–Kier alpha value is -2.91. The lowest BCUT2D eigenvalue weighted by Gasteiger charge is -2.38. The first-order valence-corrected chi connectivity index (χ1v) is 9.58. The van der Waals surface area contributed by atoms with Gasteiger partial charge in [-0.2, -0.15) is 0 Å². The molecule has 0 unspecified atom stereocenters. The predicted molar refractivity (Wildman–Crippen MR) is 111 cm³/mol. The number of nitrogens with zero attached hydrogens (tertiary/aromatic N) is 2. The Bertz CT molecular complexity index is 1100. The van der Waals surface area contributed by atoms with E-state index in [0.29, 0.717) is 0 Å². The molecule has 2 aromatic carbocycles. The second kappa shape index (κ2) is 6.07. The van der Waals surface area contributed by atoms with E-state index in [9.17, 15) is 0 Å². The van der Waals surface area contributed by atoms with Gasteiger partial charge in [0.25, 0.3) is 0 Å². The Morgan fingerprint density at radius 2 is 1.63 bits per heavy atom. The predicted octanol–water partition coefficient (Wildman–Crippen LogP) is 5.31. The summed E-state index contributed by atoms with van der Waals surface area (Å²) in [4.78, 5) is 4.96. The van der Waals surface area contributed by atoms with Crippen LogP contribution in [0.2, 0.25) is 0 Å². The largest absolute Gasteiger partial charge is 0.321 e. The first-order chi connectivity index (χ1) is 13.1. The lowest BCUT2D eigenvalue weighted by Crippen LogP contribution is -2.43. The van der Waals surface area contributed by atoms with Crippen LogP contribution in [0.25, 0.3) is 28.2 Å². The molecule has 0 saturated heterocycles. The fraction of sp³-hybridized carbons (Fsp3) is 0.208. The van der Waals surface area contributed by atoms with Crippen molar-refractivity contribution in [2.45, 2.75) is 31.7 Å². The molecule has 0 amide bonds. The molecule has 2 N–H and O–H groups in total. The molecule has 0 aliphatic heterocycles. The number of hydrogen-bond acceptors (Lipinski definition) is 2. The van der Waals surface area contributed by atoms with Crippen molar-refractivity contribution in [2.75, 3.05) is 0 Å². The van der Waals surface area contributed by atoms with Crippen molar-refractivity contribution in [1.82, 2.24) is 9.38 Å². The van der Waals surface area contributed by atoms with Crippen LogP contribution >= 0.6 is 0 Å². The van der Waals surface area contributed by atoms with E-state index in [4.69, 9.17) is 10.7 Å². The van der Waals surface area contributed by atoms with Gasteiger partial charge < -0.3 is 5.73 Å². The molecule has 2 aromatic heterocycles. The third-order valence-corrected chi connectivity index (χ3v) is 5.79. The summed E-state index contributed by atoms with van der Waals surface area (Å²) in [7, 11) is 0. The average Bonchev–Trinajstić information content (AvgIpc) is 3.05. The van der Waals surface area contributed by atoms with E-state index in [2.05, 4.69) is 78.2 Å². The Labute approximate surface area is 159 Å². The molecule has 1 fully saturated rings. The maximum absolute atomic E-state index is 6.49. The summed E-state index contributed by atoms with van der Waals surface area (Å²) in [6.07, 6.45) is 5.54. The lowest BCUT2D eigenvalue weighted by atomic mass is 9.72.